The molecule has 0 spiro atoms. The van der Waals surface area contributed by atoms with E-state index in [4.69, 9.17) is 19.7 Å². The van der Waals surface area contributed by atoms with Crippen LogP contribution >= 0.6 is 15.6 Å². The molecule has 0 aromatic carbocycles. The van der Waals surface area contributed by atoms with Crippen LogP contribution in [0.4, 0.5) is 5.82 Å². The van der Waals surface area contributed by atoms with Crippen LogP contribution in [0.25, 0.3) is 11.2 Å². The zero-order valence-electron chi connectivity index (χ0n) is 18.9. The van der Waals surface area contributed by atoms with Crippen LogP contribution in [0.15, 0.2) is 12.7 Å². The van der Waals surface area contributed by atoms with Gasteiger partial charge in [0.2, 0.25) is 0 Å². The molecule has 208 valence electrons. The predicted octanol–water partition coefficient (Wildman–Crippen LogP) is -2.63. The molecule has 2 aromatic heterocycles. The molecule has 21 heteroatoms. The predicted molar refractivity (Wildman–Crippen MR) is 116 cm³/mol. The normalized spacial score (nSPS) is 35.5. The molecule has 8 N–H and O–H groups in total. The molecular formula is C16H25N5O14P2. The van der Waals surface area contributed by atoms with Crippen LogP contribution < -0.4 is 5.73 Å². The second kappa shape index (κ2) is 10.8. The number of imidazole rings is 1. The number of fused-ring (bicyclic) bond motifs is 1. The fourth-order valence-corrected chi connectivity index (χ4v) is 6.04. The number of phosphoric acid groups is 2. The van der Waals surface area contributed by atoms with Crippen molar-refractivity contribution in [3.63, 3.8) is 0 Å². The van der Waals surface area contributed by atoms with Gasteiger partial charge >= 0.3 is 15.6 Å². The molecule has 0 radical (unpaired) electrons. The molecule has 2 fully saturated rings. The van der Waals surface area contributed by atoms with E-state index in [0.29, 0.717) is 0 Å². The number of hydrogen-bond donors (Lipinski definition) is 7. The minimum Gasteiger partial charge on any atom is -0.387 e. The molecule has 6 unspecified atom stereocenters. The smallest absolute Gasteiger partial charge is 0.387 e. The van der Waals surface area contributed by atoms with Crippen LogP contribution in [0, 0.1) is 0 Å². The van der Waals surface area contributed by atoms with E-state index in [0.717, 1.165) is 7.11 Å². The Balaban J connectivity index is 1.37. The summed E-state index contributed by atoms with van der Waals surface area (Å²) in [4.78, 5) is 21.8. The number of anilines is 1. The number of rotatable bonds is 10. The lowest BCUT2D eigenvalue weighted by Crippen LogP contribution is -2.34. The van der Waals surface area contributed by atoms with Gasteiger partial charge in [-0.2, -0.15) is 4.31 Å². The largest absolute Gasteiger partial charge is 0.483 e. The summed E-state index contributed by atoms with van der Waals surface area (Å²) in [6.45, 7) is -1.59. The van der Waals surface area contributed by atoms with Crippen molar-refractivity contribution in [2.24, 2.45) is 0 Å². The summed E-state index contributed by atoms with van der Waals surface area (Å²) >= 11 is 0. The van der Waals surface area contributed by atoms with Crippen LogP contribution in [-0.2, 0) is 36.5 Å². The van der Waals surface area contributed by atoms with E-state index in [9.17, 15) is 39.6 Å². The number of hydrogen-bond acceptors (Lipinski definition) is 17. The molecule has 2 saturated heterocycles. The van der Waals surface area contributed by atoms with Crippen molar-refractivity contribution in [3.8, 4) is 0 Å². The monoisotopic (exact) mass is 573 g/mol. The zero-order valence-corrected chi connectivity index (χ0v) is 20.7. The maximum absolute atomic E-state index is 12.7. The zero-order chi connectivity index (χ0) is 27.1. The van der Waals surface area contributed by atoms with Gasteiger partial charge in [0.15, 0.2) is 24.0 Å². The summed E-state index contributed by atoms with van der Waals surface area (Å²) in [7, 11) is -9.16. The fraction of sp³-hybridized carbons (Fsp3) is 0.688. The van der Waals surface area contributed by atoms with E-state index >= 15 is 0 Å². The molecule has 2 aliphatic rings. The molecule has 37 heavy (non-hydrogen) atoms. The minimum atomic E-state index is -5.18. The molecule has 0 bridgehead atoms. The van der Waals surface area contributed by atoms with Gasteiger partial charge in [0.05, 0.1) is 19.5 Å². The summed E-state index contributed by atoms with van der Waals surface area (Å²) in [6.07, 6.45) is -9.71. The van der Waals surface area contributed by atoms with Crippen LogP contribution in [0.5, 0.6) is 0 Å². The van der Waals surface area contributed by atoms with Gasteiger partial charge in [-0.1, -0.05) is 0 Å². The Labute approximate surface area is 207 Å². The lowest BCUT2D eigenvalue weighted by Gasteiger charge is -2.22. The Kier molecular flexibility index (Phi) is 8.30. The number of aliphatic hydroxyl groups excluding tert-OH is 5. The van der Waals surface area contributed by atoms with Crippen LogP contribution in [0.3, 0.4) is 0 Å². The maximum Gasteiger partial charge on any atom is 0.483 e. The van der Waals surface area contributed by atoms with Gasteiger partial charge in [-0.25, -0.2) is 24.1 Å². The highest BCUT2D eigenvalue weighted by atomic mass is 31.3. The average Bonchev–Trinajstić information content (AvgIpc) is 3.48. The molecule has 0 amide bonds. The lowest BCUT2D eigenvalue weighted by molar-refractivity contribution is -0.132. The van der Waals surface area contributed by atoms with Gasteiger partial charge in [0.25, 0.3) is 0 Å². The van der Waals surface area contributed by atoms with Crippen molar-refractivity contribution < 1.29 is 66.9 Å². The van der Waals surface area contributed by atoms with Crippen LogP contribution in [0.2, 0.25) is 0 Å². The fourth-order valence-electron chi connectivity index (χ4n) is 3.61. The van der Waals surface area contributed by atoms with E-state index < -0.39 is 78.0 Å². The van der Waals surface area contributed by atoms with Crippen molar-refractivity contribution in [2.45, 2.75) is 49.1 Å². The molecule has 2 aromatic rings. The Bertz CT molecular complexity index is 1200. The highest BCUT2D eigenvalue weighted by molar-refractivity contribution is 7.61. The number of ether oxygens (including phenoxy) is 2. The van der Waals surface area contributed by atoms with Gasteiger partial charge in [0.1, 0.15) is 48.5 Å². The van der Waals surface area contributed by atoms with Crippen LogP contribution in [-0.4, -0.2) is 113 Å². The minimum absolute atomic E-state index is 0.0758. The van der Waals surface area contributed by atoms with E-state index in [-0.39, 0.29) is 17.0 Å². The summed E-state index contributed by atoms with van der Waals surface area (Å²) in [5.74, 6) is 0.0758. The summed E-state index contributed by atoms with van der Waals surface area (Å²) in [5.41, 5.74) is 6.17. The quantitative estimate of drug-likeness (QED) is 0.143. The first kappa shape index (κ1) is 28.3. The number of phosphoric ester groups is 2. The summed E-state index contributed by atoms with van der Waals surface area (Å²) in [5, 5.41) is 49.4. The molecule has 2 aliphatic heterocycles. The Morgan fingerprint density at radius 1 is 0.973 bits per heavy atom. The van der Waals surface area contributed by atoms with Crippen molar-refractivity contribution >= 4 is 32.6 Å². The van der Waals surface area contributed by atoms with Crippen molar-refractivity contribution in [3.05, 3.63) is 12.7 Å². The average molecular weight is 573 g/mol. The van der Waals surface area contributed by atoms with Gasteiger partial charge in [-0.15, -0.1) is 0 Å². The van der Waals surface area contributed by atoms with E-state index in [2.05, 4.69) is 28.3 Å². The molecule has 10 atom stereocenters. The highest BCUT2D eigenvalue weighted by Crippen LogP contribution is 2.63. The van der Waals surface area contributed by atoms with Crippen LogP contribution in [0.1, 0.15) is 6.23 Å². The van der Waals surface area contributed by atoms with Crippen molar-refractivity contribution in [1.82, 2.24) is 19.5 Å². The lowest BCUT2D eigenvalue weighted by atomic mass is 10.1. The SMILES string of the molecule is COP(=O)(OC[C@H]1O[C@@H](n2cnc3c(N)ncnc32)C(O)C1O)OP(=O)(O)OC[C@H]1O[C@@H](O)C(O)C1O. The number of nitrogens with two attached hydrogens (primary N) is 1. The molecule has 19 nitrogen and oxygen atoms in total. The molecular weight excluding hydrogens is 548 g/mol. The molecule has 4 heterocycles. The van der Waals surface area contributed by atoms with E-state index in [1.54, 1.807) is 0 Å². The first-order chi connectivity index (χ1) is 17.4. The van der Waals surface area contributed by atoms with Gasteiger partial charge in [0, 0.05) is 7.11 Å². The van der Waals surface area contributed by atoms with Gasteiger partial charge in [-0.05, 0) is 0 Å². The Hall–Kier alpha value is -1.67. The first-order valence-corrected chi connectivity index (χ1v) is 13.4. The van der Waals surface area contributed by atoms with E-state index in [1.807, 2.05) is 0 Å². The van der Waals surface area contributed by atoms with Gasteiger partial charge in [-0.3, -0.25) is 18.1 Å². The third kappa shape index (κ3) is 5.85. The second-order valence-corrected chi connectivity index (χ2v) is 11.3. The molecule has 4 rings (SSSR count). The highest BCUT2D eigenvalue weighted by Gasteiger charge is 2.47. The second-order valence-electron chi connectivity index (χ2n) is 7.95. The Morgan fingerprint density at radius 2 is 1.62 bits per heavy atom. The number of aromatic nitrogens is 4. The number of aliphatic hydroxyl groups is 5. The maximum atomic E-state index is 12.7. The third-order valence-corrected chi connectivity index (χ3v) is 8.57. The third-order valence-electron chi connectivity index (χ3n) is 5.56. The molecule has 0 aliphatic carbocycles. The standard InChI is InChI=1S/C16H25N5O14P2/c1-30-37(29,35-36(27,28)31-2-7-10(23)12(25)16(26)34-7)32-3-6-9(22)11(24)15(33-6)21-5-20-8-13(17)18-4-19-14(8)21/h4-7,9-12,15-16,22-26H,2-3H2,1H3,(H,27,28)(H2,17,18,19)/t6-,7-,9?,10?,11?,12?,15-,16-,37?/m1/s1. The number of nitrogen functional groups attached to an aromatic ring is 1. The number of nitrogens with zero attached hydrogens (tertiary/aromatic N) is 4. The molecule has 0 saturated carbocycles. The van der Waals surface area contributed by atoms with Gasteiger partial charge < -0.3 is 45.6 Å². The van der Waals surface area contributed by atoms with Crippen molar-refractivity contribution in [2.75, 3.05) is 26.1 Å². The van der Waals surface area contributed by atoms with Crippen molar-refractivity contribution in [1.29, 1.82) is 0 Å². The first-order valence-electron chi connectivity index (χ1n) is 10.5. The Morgan fingerprint density at radius 3 is 2.27 bits per heavy atom. The summed E-state index contributed by atoms with van der Waals surface area (Å²) < 4.78 is 55.3. The topological polar surface area (TPSA) is 281 Å². The summed E-state index contributed by atoms with van der Waals surface area (Å²) in [6, 6.07) is 0. The van der Waals surface area contributed by atoms with E-state index in [1.165, 1.54) is 17.2 Å².